The third-order valence-electron chi connectivity index (χ3n) is 2.03. The highest BCUT2D eigenvalue weighted by Crippen LogP contribution is 2.22. The van der Waals surface area contributed by atoms with E-state index in [4.69, 9.17) is 11.6 Å². The second kappa shape index (κ2) is 3.23. The van der Waals surface area contributed by atoms with Gasteiger partial charge in [-0.1, -0.05) is 29.8 Å². The Kier molecular flexibility index (Phi) is 2.07. The molecule has 1 amide bonds. The lowest BCUT2D eigenvalue weighted by molar-refractivity contribution is -0.119. The van der Waals surface area contributed by atoms with Gasteiger partial charge in [-0.2, -0.15) is 0 Å². The van der Waals surface area contributed by atoms with Crippen LogP contribution in [-0.4, -0.2) is 5.91 Å². The fourth-order valence-corrected chi connectivity index (χ4v) is 1.46. The van der Waals surface area contributed by atoms with Crippen LogP contribution >= 0.6 is 11.6 Å². The maximum atomic E-state index is 11.3. The first-order valence-electron chi connectivity index (χ1n) is 4.00. The predicted molar refractivity (Wildman–Crippen MR) is 51.5 cm³/mol. The van der Waals surface area contributed by atoms with Crippen LogP contribution < -0.4 is 5.32 Å². The Morgan fingerprint density at radius 2 is 1.92 bits per heavy atom. The van der Waals surface area contributed by atoms with Crippen molar-refractivity contribution in [2.45, 2.75) is 5.92 Å². The van der Waals surface area contributed by atoms with Crippen LogP contribution in [-0.2, 0) is 4.79 Å². The zero-order valence-electron chi connectivity index (χ0n) is 6.83. The number of hydrogen-bond donors (Lipinski definition) is 1. The molecule has 0 saturated carbocycles. The van der Waals surface area contributed by atoms with Crippen molar-refractivity contribution < 1.29 is 4.79 Å². The standard InChI is InChI=1S/C10H8ClNO/c11-8-3-1-7(2-4-8)9-5-6-12-10(9)13/h1-6,9H,(H,12,13). The molecule has 2 nitrogen and oxygen atoms in total. The minimum atomic E-state index is -0.155. The molecule has 13 heavy (non-hydrogen) atoms. The van der Waals surface area contributed by atoms with Gasteiger partial charge in [0.15, 0.2) is 0 Å². The number of amides is 1. The average Bonchev–Trinajstić information content (AvgIpc) is 2.53. The minimum absolute atomic E-state index is 0.0160. The summed E-state index contributed by atoms with van der Waals surface area (Å²) in [4.78, 5) is 11.3. The van der Waals surface area contributed by atoms with Crippen LogP contribution in [0, 0.1) is 0 Å². The summed E-state index contributed by atoms with van der Waals surface area (Å²) < 4.78 is 0. The second-order valence-electron chi connectivity index (χ2n) is 2.90. The normalized spacial score (nSPS) is 20.4. The molecule has 1 aliphatic heterocycles. The molecule has 0 aromatic heterocycles. The van der Waals surface area contributed by atoms with Crippen molar-refractivity contribution in [1.82, 2.24) is 5.32 Å². The van der Waals surface area contributed by atoms with Gasteiger partial charge in [-0.15, -0.1) is 0 Å². The van der Waals surface area contributed by atoms with Gasteiger partial charge >= 0.3 is 0 Å². The third kappa shape index (κ3) is 1.58. The molecule has 1 aromatic carbocycles. The lowest BCUT2D eigenvalue weighted by Crippen LogP contribution is -2.17. The SMILES string of the molecule is O=C1NC=CC1c1ccc(Cl)cc1. The van der Waals surface area contributed by atoms with Crippen LogP contribution in [0.4, 0.5) is 0 Å². The molecule has 1 N–H and O–H groups in total. The van der Waals surface area contributed by atoms with Crippen LogP contribution in [0.5, 0.6) is 0 Å². The summed E-state index contributed by atoms with van der Waals surface area (Å²) >= 11 is 5.74. The molecular formula is C10H8ClNO. The first kappa shape index (κ1) is 8.32. The molecule has 3 heteroatoms. The molecule has 2 rings (SSSR count). The molecule has 66 valence electrons. The van der Waals surface area contributed by atoms with Gasteiger partial charge in [-0.05, 0) is 17.7 Å². The summed E-state index contributed by atoms with van der Waals surface area (Å²) in [7, 11) is 0. The maximum absolute atomic E-state index is 11.3. The highest BCUT2D eigenvalue weighted by molar-refractivity contribution is 6.30. The van der Waals surface area contributed by atoms with E-state index in [9.17, 15) is 4.79 Å². The summed E-state index contributed by atoms with van der Waals surface area (Å²) in [5.41, 5.74) is 0.968. The molecular weight excluding hydrogens is 186 g/mol. The van der Waals surface area contributed by atoms with E-state index in [0.29, 0.717) is 5.02 Å². The molecule has 1 aliphatic rings. The first-order valence-corrected chi connectivity index (χ1v) is 4.38. The number of nitrogens with one attached hydrogen (secondary N) is 1. The van der Waals surface area contributed by atoms with Gasteiger partial charge in [0.05, 0.1) is 5.92 Å². The van der Waals surface area contributed by atoms with Crippen LogP contribution in [0.3, 0.4) is 0 Å². The topological polar surface area (TPSA) is 29.1 Å². The van der Waals surface area contributed by atoms with Crippen LogP contribution in [0.1, 0.15) is 11.5 Å². The van der Waals surface area contributed by atoms with Crippen molar-refractivity contribution in [2.24, 2.45) is 0 Å². The van der Waals surface area contributed by atoms with E-state index < -0.39 is 0 Å². The quantitative estimate of drug-likeness (QED) is 0.727. The van der Waals surface area contributed by atoms with Gasteiger partial charge in [0, 0.05) is 11.2 Å². The van der Waals surface area contributed by atoms with Crippen molar-refractivity contribution in [3.8, 4) is 0 Å². The fourth-order valence-electron chi connectivity index (χ4n) is 1.34. The Balaban J connectivity index is 2.30. The predicted octanol–water partition coefficient (Wildman–Crippen LogP) is 2.07. The van der Waals surface area contributed by atoms with Crippen LogP contribution in [0.25, 0.3) is 0 Å². The number of halogens is 1. The highest BCUT2D eigenvalue weighted by atomic mass is 35.5. The number of rotatable bonds is 1. The van der Waals surface area contributed by atoms with Gasteiger partial charge < -0.3 is 5.32 Å². The Morgan fingerprint density at radius 1 is 1.23 bits per heavy atom. The van der Waals surface area contributed by atoms with E-state index in [1.807, 2.05) is 18.2 Å². The molecule has 1 aromatic rings. The minimum Gasteiger partial charge on any atom is -0.332 e. The zero-order chi connectivity index (χ0) is 9.26. The van der Waals surface area contributed by atoms with E-state index in [-0.39, 0.29) is 11.8 Å². The lowest BCUT2D eigenvalue weighted by atomic mass is 10.0. The molecule has 0 saturated heterocycles. The molecule has 1 atom stereocenters. The Hall–Kier alpha value is -1.28. The number of benzene rings is 1. The number of hydrogen-bond acceptors (Lipinski definition) is 1. The maximum Gasteiger partial charge on any atom is 0.235 e. The lowest BCUT2D eigenvalue weighted by Gasteiger charge is -2.05. The number of carbonyl (C=O) groups excluding carboxylic acids is 1. The van der Waals surface area contributed by atoms with Crippen molar-refractivity contribution in [3.63, 3.8) is 0 Å². The van der Waals surface area contributed by atoms with Crippen LogP contribution in [0.2, 0.25) is 5.02 Å². The van der Waals surface area contributed by atoms with Crippen molar-refractivity contribution in [1.29, 1.82) is 0 Å². The van der Waals surface area contributed by atoms with Crippen molar-refractivity contribution in [3.05, 3.63) is 47.1 Å². The van der Waals surface area contributed by atoms with Crippen LogP contribution in [0.15, 0.2) is 36.5 Å². The van der Waals surface area contributed by atoms with Gasteiger partial charge in [-0.3, -0.25) is 4.79 Å². The Labute approximate surface area is 81.2 Å². The van der Waals surface area contributed by atoms with Gasteiger partial charge in [0.1, 0.15) is 0 Å². The average molecular weight is 194 g/mol. The monoisotopic (exact) mass is 193 g/mol. The zero-order valence-corrected chi connectivity index (χ0v) is 7.58. The molecule has 0 fully saturated rings. The largest absolute Gasteiger partial charge is 0.332 e. The summed E-state index contributed by atoms with van der Waals surface area (Å²) in [6.07, 6.45) is 3.51. The fraction of sp³-hybridized carbons (Fsp3) is 0.100. The summed E-state index contributed by atoms with van der Waals surface area (Å²) in [5.74, 6) is -0.139. The van der Waals surface area contributed by atoms with E-state index in [1.165, 1.54) is 0 Å². The molecule has 0 radical (unpaired) electrons. The molecule has 1 heterocycles. The smallest absolute Gasteiger partial charge is 0.235 e. The molecule has 1 unspecified atom stereocenters. The summed E-state index contributed by atoms with van der Waals surface area (Å²) in [5, 5.41) is 3.32. The van der Waals surface area contributed by atoms with E-state index in [0.717, 1.165) is 5.56 Å². The summed E-state index contributed by atoms with van der Waals surface area (Å²) in [6, 6.07) is 7.30. The Morgan fingerprint density at radius 3 is 2.46 bits per heavy atom. The van der Waals surface area contributed by atoms with Gasteiger partial charge in [0.2, 0.25) is 5.91 Å². The number of carbonyl (C=O) groups is 1. The second-order valence-corrected chi connectivity index (χ2v) is 3.33. The van der Waals surface area contributed by atoms with E-state index >= 15 is 0 Å². The summed E-state index contributed by atoms with van der Waals surface area (Å²) in [6.45, 7) is 0. The van der Waals surface area contributed by atoms with Crippen molar-refractivity contribution >= 4 is 17.5 Å². The molecule has 0 aliphatic carbocycles. The molecule has 0 spiro atoms. The van der Waals surface area contributed by atoms with E-state index in [2.05, 4.69) is 5.32 Å². The van der Waals surface area contributed by atoms with Gasteiger partial charge in [0.25, 0.3) is 0 Å². The van der Waals surface area contributed by atoms with Gasteiger partial charge in [-0.25, -0.2) is 0 Å². The molecule has 0 bridgehead atoms. The van der Waals surface area contributed by atoms with E-state index in [1.54, 1.807) is 18.3 Å². The van der Waals surface area contributed by atoms with Crippen molar-refractivity contribution in [2.75, 3.05) is 0 Å². The Bertz CT molecular complexity index is 356. The third-order valence-corrected chi connectivity index (χ3v) is 2.28. The first-order chi connectivity index (χ1) is 6.27. The highest BCUT2D eigenvalue weighted by Gasteiger charge is 2.20.